The molecule has 14 heavy (non-hydrogen) atoms. The summed E-state index contributed by atoms with van der Waals surface area (Å²) in [5.74, 6) is 2.20. The highest BCUT2D eigenvalue weighted by Gasteiger charge is 2.06. The Morgan fingerprint density at radius 1 is 1.29 bits per heavy atom. The third-order valence-electron chi connectivity index (χ3n) is 1.91. The van der Waals surface area contributed by atoms with Crippen LogP contribution in [0, 0.1) is 12.3 Å². The molecule has 2 rings (SSSR count). The van der Waals surface area contributed by atoms with Crippen LogP contribution in [0.2, 0.25) is 0 Å². The molecule has 0 saturated heterocycles. The SMILES string of the molecule is C#CC(O)c1cnc2ccccc2n1. The van der Waals surface area contributed by atoms with Gasteiger partial charge in [0.15, 0.2) is 6.10 Å². The highest BCUT2D eigenvalue weighted by molar-refractivity contribution is 5.73. The molecule has 0 aliphatic heterocycles. The second-order valence-electron chi connectivity index (χ2n) is 2.85. The van der Waals surface area contributed by atoms with E-state index in [0.717, 1.165) is 11.0 Å². The van der Waals surface area contributed by atoms with Gasteiger partial charge in [-0.25, -0.2) is 4.98 Å². The molecule has 1 heterocycles. The molecule has 1 atom stereocenters. The molecule has 0 spiro atoms. The first-order chi connectivity index (χ1) is 6.81. The number of terminal acetylenes is 1. The molecule has 0 fully saturated rings. The number of aromatic nitrogens is 2. The number of fused-ring (bicyclic) bond motifs is 1. The number of hydrogen-bond acceptors (Lipinski definition) is 3. The van der Waals surface area contributed by atoms with E-state index < -0.39 is 6.10 Å². The number of rotatable bonds is 1. The Bertz CT molecular complexity index is 502. The smallest absolute Gasteiger partial charge is 0.158 e. The van der Waals surface area contributed by atoms with E-state index in [2.05, 4.69) is 15.9 Å². The van der Waals surface area contributed by atoms with E-state index >= 15 is 0 Å². The van der Waals surface area contributed by atoms with Gasteiger partial charge in [-0.1, -0.05) is 18.1 Å². The zero-order valence-corrected chi connectivity index (χ0v) is 7.38. The summed E-state index contributed by atoms with van der Waals surface area (Å²) < 4.78 is 0. The van der Waals surface area contributed by atoms with Crippen LogP contribution >= 0.6 is 0 Å². The molecule has 0 radical (unpaired) electrons. The predicted octanol–water partition coefficient (Wildman–Crippen LogP) is 1.30. The van der Waals surface area contributed by atoms with Crippen LogP contribution in [0.5, 0.6) is 0 Å². The Balaban J connectivity index is 2.58. The van der Waals surface area contributed by atoms with Gasteiger partial charge in [0, 0.05) is 0 Å². The minimum Gasteiger partial charge on any atom is -0.374 e. The first-order valence-corrected chi connectivity index (χ1v) is 4.17. The van der Waals surface area contributed by atoms with Gasteiger partial charge < -0.3 is 5.11 Å². The van der Waals surface area contributed by atoms with E-state index in [4.69, 9.17) is 6.42 Å². The summed E-state index contributed by atoms with van der Waals surface area (Å²) in [5, 5.41) is 9.35. The van der Waals surface area contributed by atoms with Gasteiger partial charge in [0.05, 0.1) is 17.2 Å². The van der Waals surface area contributed by atoms with Crippen LogP contribution in [0.25, 0.3) is 11.0 Å². The topological polar surface area (TPSA) is 46.0 Å². The molecule has 0 amide bonds. The predicted molar refractivity (Wildman–Crippen MR) is 53.3 cm³/mol. The Labute approximate surface area is 81.4 Å². The van der Waals surface area contributed by atoms with E-state index in [9.17, 15) is 5.11 Å². The van der Waals surface area contributed by atoms with Crippen molar-refractivity contribution >= 4 is 11.0 Å². The van der Waals surface area contributed by atoms with Crippen LogP contribution in [-0.2, 0) is 0 Å². The van der Waals surface area contributed by atoms with Crippen LogP contribution in [0.3, 0.4) is 0 Å². The zero-order chi connectivity index (χ0) is 9.97. The van der Waals surface area contributed by atoms with E-state index in [-0.39, 0.29) is 0 Å². The molecule has 3 nitrogen and oxygen atoms in total. The number of aliphatic hydroxyl groups excluding tert-OH is 1. The first-order valence-electron chi connectivity index (χ1n) is 4.17. The van der Waals surface area contributed by atoms with Gasteiger partial charge in [-0.05, 0) is 12.1 Å². The normalized spacial score (nSPS) is 12.3. The second kappa shape index (κ2) is 3.44. The number of nitrogens with zero attached hydrogens (tertiary/aromatic N) is 2. The maximum absolute atomic E-state index is 9.35. The van der Waals surface area contributed by atoms with E-state index in [1.807, 2.05) is 24.3 Å². The Morgan fingerprint density at radius 3 is 2.71 bits per heavy atom. The maximum Gasteiger partial charge on any atom is 0.158 e. The number of aliphatic hydroxyl groups is 1. The fraction of sp³-hybridized carbons (Fsp3) is 0.0909. The molecule has 0 aliphatic carbocycles. The first kappa shape index (κ1) is 8.67. The van der Waals surface area contributed by atoms with Gasteiger partial charge in [0.1, 0.15) is 5.69 Å². The zero-order valence-electron chi connectivity index (χ0n) is 7.38. The van der Waals surface area contributed by atoms with Gasteiger partial charge in [0.2, 0.25) is 0 Å². The average molecular weight is 184 g/mol. The molecule has 1 unspecified atom stereocenters. The van der Waals surface area contributed by atoms with Crippen molar-refractivity contribution < 1.29 is 5.11 Å². The lowest BCUT2D eigenvalue weighted by Gasteiger charge is -2.03. The highest BCUT2D eigenvalue weighted by atomic mass is 16.3. The third kappa shape index (κ3) is 1.43. The van der Waals surface area contributed by atoms with Crippen LogP contribution in [-0.4, -0.2) is 15.1 Å². The Kier molecular flexibility index (Phi) is 2.13. The highest BCUT2D eigenvalue weighted by Crippen LogP contribution is 2.12. The summed E-state index contributed by atoms with van der Waals surface area (Å²) in [6.45, 7) is 0. The molecule has 1 N–H and O–H groups in total. The summed E-state index contributed by atoms with van der Waals surface area (Å²) in [5.41, 5.74) is 1.94. The van der Waals surface area contributed by atoms with Crippen molar-refractivity contribution in [3.63, 3.8) is 0 Å². The van der Waals surface area contributed by atoms with Crippen molar-refractivity contribution in [3.8, 4) is 12.3 Å². The fourth-order valence-corrected chi connectivity index (χ4v) is 1.19. The quantitative estimate of drug-likeness (QED) is 0.679. The van der Waals surface area contributed by atoms with Crippen LogP contribution in [0.4, 0.5) is 0 Å². The van der Waals surface area contributed by atoms with Gasteiger partial charge in [-0.3, -0.25) is 4.98 Å². The lowest BCUT2D eigenvalue weighted by atomic mass is 10.2. The molecular formula is C11H8N2O. The molecule has 1 aromatic heterocycles. The van der Waals surface area contributed by atoms with Crippen LogP contribution in [0.15, 0.2) is 30.5 Å². The molecule has 68 valence electrons. The van der Waals surface area contributed by atoms with E-state index in [0.29, 0.717) is 5.69 Å². The second-order valence-corrected chi connectivity index (χ2v) is 2.85. The van der Waals surface area contributed by atoms with Crippen molar-refractivity contribution in [3.05, 3.63) is 36.2 Å². The summed E-state index contributed by atoms with van der Waals surface area (Å²) in [6.07, 6.45) is 5.59. The Hall–Kier alpha value is -1.92. The van der Waals surface area contributed by atoms with E-state index in [1.165, 1.54) is 6.20 Å². The van der Waals surface area contributed by atoms with Crippen molar-refractivity contribution in [2.75, 3.05) is 0 Å². The van der Waals surface area contributed by atoms with Gasteiger partial charge in [-0.15, -0.1) is 6.42 Å². The van der Waals surface area contributed by atoms with Crippen LogP contribution in [0.1, 0.15) is 11.8 Å². The van der Waals surface area contributed by atoms with Gasteiger partial charge >= 0.3 is 0 Å². The molecule has 0 aliphatic rings. The number of para-hydroxylation sites is 2. The van der Waals surface area contributed by atoms with Crippen molar-refractivity contribution in [1.82, 2.24) is 9.97 Å². The van der Waals surface area contributed by atoms with Gasteiger partial charge in [-0.2, -0.15) is 0 Å². The largest absolute Gasteiger partial charge is 0.374 e. The maximum atomic E-state index is 9.35. The molecule has 0 bridgehead atoms. The molecular weight excluding hydrogens is 176 g/mol. The summed E-state index contributed by atoms with van der Waals surface area (Å²) in [6, 6.07) is 7.43. The van der Waals surface area contributed by atoms with E-state index in [1.54, 1.807) is 0 Å². The monoisotopic (exact) mass is 184 g/mol. The van der Waals surface area contributed by atoms with Crippen molar-refractivity contribution in [1.29, 1.82) is 0 Å². The van der Waals surface area contributed by atoms with Crippen molar-refractivity contribution in [2.24, 2.45) is 0 Å². The standard InChI is InChI=1S/C11H8N2O/c1-2-11(14)10-7-12-8-5-3-4-6-9(8)13-10/h1,3-7,11,14H. The third-order valence-corrected chi connectivity index (χ3v) is 1.91. The molecule has 0 saturated carbocycles. The summed E-state index contributed by atoms with van der Waals surface area (Å²) >= 11 is 0. The minimum absolute atomic E-state index is 0.409. The lowest BCUT2D eigenvalue weighted by Crippen LogP contribution is -1.98. The minimum atomic E-state index is -0.980. The van der Waals surface area contributed by atoms with Gasteiger partial charge in [0.25, 0.3) is 0 Å². The van der Waals surface area contributed by atoms with Crippen molar-refractivity contribution in [2.45, 2.75) is 6.10 Å². The Morgan fingerprint density at radius 2 is 2.00 bits per heavy atom. The number of benzene rings is 1. The number of hydrogen-bond donors (Lipinski definition) is 1. The fourth-order valence-electron chi connectivity index (χ4n) is 1.19. The molecule has 3 heteroatoms. The average Bonchev–Trinajstić information content (AvgIpc) is 2.27. The lowest BCUT2D eigenvalue weighted by molar-refractivity contribution is 0.233. The van der Waals surface area contributed by atoms with Crippen LogP contribution < -0.4 is 0 Å². The summed E-state index contributed by atoms with van der Waals surface area (Å²) in [7, 11) is 0. The summed E-state index contributed by atoms with van der Waals surface area (Å²) in [4.78, 5) is 8.32. The molecule has 2 aromatic rings. The molecule has 1 aromatic carbocycles.